The smallest absolute Gasteiger partial charge is 0.222 e. The highest BCUT2D eigenvalue weighted by molar-refractivity contribution is 5.78. The van der Waals surface area contributed by atoms with Crippen molar-refractivity contribution in [3.63, 3.8) is 0 Å². The van der Waals surface area contributed by atoms with Gasteiger partial charge in [0.25, 0.3) is 0 Å². The van der Waals surface area contributed by atoms with E-state index >= 15 is 0 Å². The number of methoxy groups -OCH3 is 1. The van der Waals surface area contributed by atoms with E-state index in [1.165, 1.54) is 0 Å². The van der Waals surface area contributed by atoms with Crippen LogP contribution in [0.5, 0.6) is 0 Å². The van der Waals surface area contributed by atoms with Gasteiger partial charge in [-0.25, -0.2) is 0 Å². The van der Waals surface area contributed by atoms with Gasteiger partial charge in [0.05, 0.1) is 6.61 Å². The van der Waals surface area contributed by atoms with Crippen molar-refractivity contribution >= 4 is 5.91 Å². The van der Waals surface area contributed by atoms with Crippen molar-refractivity contribution in [3.05, 3.63) is 0 Å². The number of ether oxygens (including phenoxy) is 1. The monoisotopic (exact) mass is 186 g/mol. The highest BCUT2D eigenvalue weighted by atomic mass is 16.5. The van der Waals surface area contributed by atoms with E-state index in [4.69, 9.17) is 10.5 Å². The Morgan fingerprint density at radius 2 is 2.46 bits per heavy atom. The van der Waals surface area contributed by atoms with Crippen LogP contribution in [-0.4, -0.2) is 43.7 Å². The van der Waals surface area contributed by atoms with Gasteiger partial charge in [-0.1, -0.05) is 6.92 Å². The summed E-state index contributed by atoms with van der Waals surface area (Å²) in [6.07, 6.45) is 0.666. The van der Waals surface area contributed by atoms with Crippen molar-refractivity contribution in [1.29, 1.82) is 0 Å². The summed E-state index contributed by atoms with van der Waals surface area (Å²) in [6.45, 7) is 4.06. The maximum Gasteiger partial charge on any atom is 0.222 e. The Labute approximate surface area is 79.0 Å². The quantitative estimate of drug-likeness (QED) is 0.663. The molecule has 0 aromatic heterocycles. The van der Waals surface area contributed by atoms with Crippen molar-refractivity contribution in [3.8, 4) is 0 Å². The van der Waals surface area contributed by atoms with Gasteiger partial charge in [0.1, 0.15) is 0 Å². The first-order valence-corrected chi connectivity index (χ1v) is 4.65. The Bertz CT molecular complexity index is 184. The van der Waals surface area contributed by atoms with E-state index < -0.39 is 0 Å². The second kappa shape index (κ2) is 4.58. The molecule has 1 heterocycles. The Morgan fingerprint density at radius 1 is 1.77 bits per heavy atom. The molecule has 1 saturated heterocycles. The van der Waals surface area contributed by atoms with E-state index in [1.807, 2.05) is 4.90 Å². The molecule has 2 N–H and O–H groups in total. The van der Waals surface area contributed by atoms with Crippen LogP contribution in [0.15, 0.2) is 0 Å². The number of hydrogen-bond donors (Lipinski definition) is 1. The van der Waals surface area contributed by atoms with Crippen LogP contribution in [0.1, 0.15) is 13.3 Å². The van der Waals surface area contributed by atoms with Crippen molar-refractivity contribution in [2.45, 2.75) is 19.4 Å². The van der Waals surface area contributed by atoms with Gasteiger partial charge in [0.15, 0.2) is 0 Å². The van der Waals surface area contributed by atoms with E-state index in [-0.39, 0.29) is 11.9 Å². The van der Waals surface area contributed by atoms with E-state index in [1.54, 1.807) is 7.11 Å². The van der Waals surface area contributed by atoms with E-state index in [0.29, 0.717) is 25.5 Å². The number of carbonyl (C=O) groups is 1. The number of likely N-dealkylation sites (tertiary alicyclic amines) is 1. The lowest BCUT2D eigenvalue weighted by Crippen LogP contribution is -2.40. The molecule has 0 aromatic carbocycles. The summed E-state index contributed by atoms with van der Waals surface area (Å²) in [5.41, 5.74) is 5.75. The molecule has 1 rings (SSSR count). The zero-order chi connectivity index (χ0) is 9.84. The van der Waals surface area contributed by atoms with E-state index in [0.717, 1.165) is 6.54 Å². The maximum atomic E-state index is 11.4. The van der Waals surface area contributed by atoms with Crippen LogP contribution in [0.3, 0.4) is 0 Å². The fourth-order valence-corrected chi connectivity index (χ4v) is 1.70. The Morgan fingerprint density at radius 3 is 2.92 bits per heavy atom. The molecule has 1 aliphatic rings. The van der Waals surface area contributed by atoms with Crippen LogP contribution in [-0.2, 0) is 9.53 Å². The van der Waals surface area contributed by atoms with Crippen LogP contribution in [0, 0.1) is 5.92 Å². The Kier molecular flexibility index (Phi) is 3.69. The summed E-state index contributed by atoms with van der Waals surface area (Å²) in [4.78, 5) is 13.2. The summed E-state index contributed by atoms with van der Waals surface area (Å²) < 4.78 is 4.91. The van der Waals surface area contributed by atoms with E-state index in [2.05, 4.69) is 6.92 Å². The molecular formula is C9H18N2O2. The minimum absolute atomic E-state index is 0.0563. The summed E-state index contributed by atoms with van der Waals surface area (Å²) in [7, 11) is 1.62. The third-order valence-electron chi connectivity index (χ3n) is 2.24. The molecule has 0 saturated carbocycles. The minimum atomic E-state index is -0.0563. The second-order valence-corrected chi connectivity index (χ2v) is 3.82. The summed E-state index contributed by atoms with van der Waals surface area (Å²) in [6, 6.07) is -0.0563. The van der Waals surface area contributed by atoms with Crippen molar-refractivity contribution in [2.75, 3.05) is 26.8 Å². The molecular weight excluding hydrogens is 168 g/mol. The Hall–Kier alpha value is -0.610. The zero-order valence-corrected chi connectivity index (χ0v) is 8.32. The summed E-state index contributed by atoms with van der Waals surface area (Å²) >= 11 is 0. The number of nitrogens with two attached hydrogens (primary N) is 1. The fraction of sp³-hybridized carbons (Fsp3) is 0.889. The zero-order valence-electron chi connectivity index (χ0n) is 8.32. The van der Waals surface area contributed by atoms with Gasteiger partial charge in [0, 0.05) is 32.7 Å². The van der Waals surface area contributed by atoms with Gasteiger partial charge in [-0.05, 0) is 5.92 Å². The van der Waals surface area contributed by atoms with E-state index in [9.17, 15) is 4.79 Å². The molecule has 0 radical (unpaired) electrons. The van der Waals surface area contributed by atoms with Crippen molar-refractivity contribution < 1.29 is 9.53 Å². The lowest BCUT2D eigenvalue weighted by Gasteiger charge is -2.20. The average Bonchev–Trinajstić information content (AvgIpc) is 2.30. The highest BCUT2D eigenvalue weighted by Crippen LogP contribution is 2.16. The van der Waals surface area contributed by atoms with Crippen LogP contribution in [0.2, 0.25) is 0 Å². The molecule has 76 valence electrons. The molecule has 2 atom stereocenters. The third kappa shape index (κ3) is 2.97. The predicted molar refractivity (Wildman–Crippen MR) is 50.2 cm³/mol. The first-order valence-electron chi connectivity index (χ1n) is 4.65. The Balaban J connectivity index is 2.32. The second-order valence-electron chi connectivity index (χ2n) is 3.82. The fourth-order valence-electron chi connectivity index (χ4n) is 1.70. The average molecular weight is 186 g/mol. The van der Waals surface area contributed by atoms with Gasteiger partial charge in [-0.2, -0.15) is 0 Å². The standard InChI is InChI=1S/C9H18N2O2/c1-7-3-9(12)11(4-7)5-8(10)6-13-2/h7-8H,3-6,10H2,1-2H3. The van der Waals surface area contributed by atoms with Crippen molar-refractivity contribution in [1.82, 2.24) is 4.90 Å². The molecule has 0 spiro atoms. The molecule has 0 bridgehead atoms. The molecule has 4 nitrogen and oxygen atoms in total. The first-order chi connectivity index (χ1) is 6.13. The topological polar surface area (TPSA) is 55.6 Å². The normalized spacial score (nSPS) is 25.3. The molecule has 4 heteroatoms. The number of carbonyl (C=O) groups excluding carboxylic acids is 1. The van der Waals surface area contributed by atoms with Gasteiger partial charge in [-0.3, -0.25) is 4.79 Å². The first kappa shape index (κ1) is 10.5. The third-order valence-corrected chi connectivity index (χ3v) is 2.24. The SMILES string of the molecule is COCC(N)CN1CC(C)CC1=O. The molecule has 1 amide bonds. The molecule has 13 heavy (non-hydrogen) atoms. The van der Waals surface area contributed by atoms with Gasteiger partial charge in [-0.15, -0.1) is 0 Å². The molecule has 0 aliphatic carbocycles. The van der Waals surface area contributed by atoms with Crippen LogP contribution < -0.4 is 5.73 Å². The molecule has 1 aliphatic heterocycles. The number of rotatable bonds is 4. The molecule has 1 fully saturated rings. The summed E-state index contributed by atoms with van der Waals surface area (Å²) in [5.74, 6) is 0.696. The van der Waals surface area contributed by atoms with Gasteiger partial charge in [0.2, 0.25) is 5.91 Å². The predicted octanol–water partition coefficient (Wildman–Crippen LogP) is -0.171. The van der Waals surface area contributed by atoms with Gasteiger partial charge >= 0.3 is 0 Å². The largest absolute Gasteiger partial charge is 0.383 e. The van der Waals surface area contributed by atoms with Gasteiger partial charge < -0.3 is 15.4 Å². The van der Waals surface area contributed by atoms with Crippen LogP contribution in [0.4, 0.5) is 0 Å². The molecule has 2 unspecified atom stereocenters. The summed E-state index contributed by atoms with van der Waals surface area (Å²) in [5, 5.41) is 0. The number of nitrogens with zero attached hydrogens (tertiary/aromatic N) is 1. The van der Waals surface area contributed by atoms with Crippen molar-refractivity contribution in [2.24, 2.45) is 11.7 Å². The van der Waals surface area contributed by atoms with Crippen LogP contribution in [0.25, 0.3) is 0 Å². The molecule has 0 aromatic rings. The van der Waals surface area contributed by atoms with Crippen LogP contribution >= 0.6 is 0 Å². The minimum Gasteiger partial charge on any atom is -0.383 e. The number of hydrogen-bond acceptors (Lipinski definition) is 3. The maximum absolute atomic E-state index is 11.4. The number of amides is 1. The lowest BCUT2D eigenvalue weighted by molar-refractivity contribution is -0.128. The highest BCUT2D eigenvalue weighted by Gasteiger charge is 2.27. The lowest BCUT2D eigenvalue weighted by atomic mass is 10.2.